The van der Waals surface area contributed by atoms with Crippen molar-refractivity contribution >= 4 is 40.5 Å². The number of halogens is 2. The van der Waals surface area contributed by atoms with Gasteiger partial charge in [-0.3, -0.25) is 4.79 Å². The minimum atomic E-state index is -0.185. The Morgan fingerprint density at radius 2 is 1.72 bits per heavy atom. The summed E-state index contributed by atoms with van der Waals surface area (Å²) in [5, 5.41) is 6.63. The molecule has 25 heavy (non-hydrogen) atoms. The second-order valence-electron chi connectivity index (χ2n) is 5.10. The quantitative estimate of drug-likeness (QED) is 0.628. The maximum atomic E-state index is 12.0. The van der Waals surface area contributed by atoms with E-state index in [0.29, 0.717) is 35.6 Å². The summed E-state index contributed by atoms with van der Waals surface area (Å²) in [6, 6.07) is 12.3. The van der Waals surface area contributed by atoms with Gasteiger partial charge < -0.3 is 20.1 Å². The Morgan fingerprint density at radius 3 is 2.40 bits per heavy atom. The number of benzene rings is 2. The van der Waals surface area contributed by atoms with E-state index in [1.54, 1.807) is 18.2 Å². The van der Waals surface area contributed by atoms with Crippen LogP contribution in [0.15, 0.2) is 42.5 Å². The molecule has 0 saturated heterocycles. The van der Waals surface area contributed by atoms with Gasteiger partial charge in [-0.1, -0.05) is 23.2 Å². The highest BCUT2D eigenvalue weighted by Crippen LogP contribution is 2.25. The van der Waals surface area contributed by atoms with E-state index in [9.17, 15) is 4.79 Å². The second kappa shape index (κ2) is 10.1. The molecule has 0 aliphatic heterocycles. The van der Waals surface area contributed by atoms with Crippen molar-refractivity contribution in [3.63, 3.8) is 0 Å². The second-order valence-corrected chi connectivity index (χ2v) is 5.91. The molecule has 2 aromatic carbocycles. The maximum absolute atomic E-state index is 12.0. The number of nitrogens with one attached hydrogen (secondary N) is 2. The highest BCUT2D eigenvalue weighted by atomic mass is 35.5. The van der Waals surface area contributed by atoms with Crippen LogP contribution < -0.4 is 15.4 Å². The summed E-state index contributed by atoms with van der Waals surface area (Å²) in [5.41, 5.74) is 1.42. The first-order valence-electron chi connectivity index (χ1n) is 7.88. The summed E-state index contributed by atoms with van der Waals surface area (Å²) in [7, 11) is 0. The van der Waals surface area contributed by atoms with Gasteiger partial charge in [0, 0.05) is 18.0 Å². The van der Waals surface area contributed by atoms with Gasteiger partial charge in [0.1, 0.15) is 12.4 Å². The fraction of sp³-hybridized carbons (Fsp3) is 0.278. The number of ether oxygens (including phenoxy) is 2. The first kappa shape index (κ1) is 19.4. The predicted octanol–water partition coefficient (Wildman–Crippen LogP) is 4.46. The molecular weight excluding hydrogens is 363 g/mol. The van der Waals surface area contributed by atoms with Crippen molar-refractivity contribution in [3.05, 3.63) is 52.5 Å². The van der Waals surface area contributed by atoms with Gasteiger partial charge >= 0.3 is 0 Å². The summed E-state index contributed by atoms with van der Waals surface area (Å²) >= 11 is 11.8. The number of anilines is 2. The van der Waals surface area contributed by atoms with Crippen LogP contribution in [0.25, 0.3) is 0 Å². The van der Waals surface area contributed by atoms with E-state index >= 15 is 0 Å². The number of hydrogen-bond donors (Lipinski definition) is 2. The number of amides is 1. The molecule has 0 saturated carbocycles. The van der Waals surface area contributed by atoms with Crippen molar-refractivity contribution in [1.82, 2.24) is 0 Å². The minimum absolute atomic E-state index is 0.130. The minimum Gasteiger partial charge on any atom is -0.491 e. The van der Waals surface area contributed by atoms with Gasteiger partial charge in [0.05, 0.1) is 23.2 Å². The zero-order valence-corrected chi connectivity index (χ0v) is 15.4. The normalized spacial score (nSPS) is 10.4. The molecule has 0 aliphatic carbocycles. The molecule has 134 valence electrons. The van der Waals surface area contributed by atoms with E-state index in [2.05, 4.69) is 10.6 Å². The summed E-state index contributed by atoms with van der Waals surface area (Å²) in [6.07, 6.45) is 0. The van der Waals surface area contributed by atoms with Crippen LogP contribution in [0.4, 0.5) is 11.4 Å². The molecule has 0 spiro atoms. The number of hydrogen-bond acceptors (Lipinski definition) is 4. The van der Waals surface area contributed by atoms with Crippen LogP contribution in [-0.2, 0) is 9.53 Å². The Morgan fingerprint density at radius 1 is 1.00 bits per heavy atom. The van der Waals surface area contributed by atoms with Crippen LogP contribution in [0.2, 0.25) is 10.0 Å². The molecular formula is C18H20Cl2N2O3. The van der Waals surface area contributed by atoms with E-state index < -0.39 is 0 Å². The summed E-state index contributed by atoms with van der Waals surface area (Å²) in [5.74, 6) is 0.570. The maximum Gasteiger partial charge on any atom is 0.243 e. The van der Waals surface area contributed by atoms with Crippen molar-refractivity contribution in [2.45, 2.75) is 6.92 Å². The standard InChI is InChI=1S/C18H20Cl2N2O3/c1-2-24-9-10-25-15-6-3-13(4-7-15)21-12-18(23)22-14-5-8-16(19)17(20)11-14/h3-8,11,21H,2,9-10,12H2,1H3,(H,22,23). The molecule has 0 radical (unpaired) electrons. The predicted molar refractivity (Wildman–Crippen MR) is 102 cm³/mol. The third-order valence-corrected chi connectivity index (χ3v) is 3.95. The van der Waals surface area contributed by atoms with Crippen LogP contribution >= 0.6 is 23.2 Å². The largest absolute Gasteiger partial charge is 0.491 e. The lowest BCUT2D eigenvalue weighted by atomic mass is 10.3. The number of rotatable bonds is 9. The highest BCUT2D eigenvalue weighted by Gasteiger charge is 2.05. The Labute approximate surface area is 157 Å². The summed E-state index contributed by atoms with van der Waals surface area (Å²) in [6.45, 7) is 3.82. The zero-order valence-electron chi connectivity index (χ0n) is 13.9. The SMILES string of the molecule is CCOCCOc1ccc(NCC(=O)Nc2ccc(Cl)c(Cl)c2)cc1. The molecule has 1 amide bonds. The van der Waals surface area contributed by atoms with Gasteiger partial charge in [0.2, 0.25) is 5.91 Å². The molecule has 7 heteroatoms. The molecule has 0 fully saturated rings. The Bertz CT molecular complexity index is 693. The van der Waals surface area contributed by atoms with Crippen LogP contribution in [0.3, 0.4) is 0 Å². The Kier molecular flexibility index (Phi) is 7.85. The molecule has 0 aliphatic rings. The zero-order chi connectivity index (χ0) is 18.1. The van der Waals surface area contributed by atoms with E-state index in [4.69, 9.17) is 32.7 Å². The fourth-order valence-electron chi connectivity index (χ4n) is 1.99. The number of carbonyl (C=O) groups excluding carboxylic acids is 1. The van der Waals surface area contributed by atoms with Crippen molar-refractivity contribution in [1.29, 1.82) is 0 Å². The first-order valence-corrected chi connectivity index (χ1v) is 8.63. The van der Waals surface area contributed by atoms with E-state index in [1.807, 2.05) is 31.2 Å². The third kappa shape index (κ3) is 6.82. The van der Waals surface area contributed by atoms with E-state index in [1.165, 1.54) is 0 Å². The van der Waals surface area contributed by atoms with Crippen molar-refractivity contribution in [3.8, 4) is 5.75 Å². The molecule has 2 rings (SSSR count). The Balaban J connectivity index is 1.76. The molecule has 0 bridgehead atoms. The molecule has 2 N–H and O–H groups in total. The van der Waals surface area contributed by atoms with Gasteiger partial charge in [-0.15, -0.1) is 0 Å². The monoisotopic (exact) mass is 382 g/mol. The van der Waals surface area contributed by atoms with Gasteiger partial charge in [0.15, 0.2) is 0 Å². The van der Waals surface area contributed by atoms with Gasteiger partial charge in [-0.25, -0.2) is 0 Å². The van der Waals surface area contributed by atoms with E-state index in [0.717, 1.165) is 11.4 Å². The fourth-order valence-corrected chi connectivity index (χ4v) is 2.29. The van der Waals surface area contributed by atoms with Gasteiger partial charge in [0.25, 0.3) is 0 Å². The van der Waals surface area contributed by atoms with E-state index in [-0.39, 0.29) is 12.5 Å². The lowest BCUT2D eigenvalue weighted by Gasteiger charge is -2.10. The molecule has 0 atom stereocenters. The molecule has 5 nitrogen and oxygen atoms in total. The van der Waals surface area contributed by atoms with Gasteiger partial charge in [-0.2, -0.15) is 0 Å². The highest BCUT2D eigenvalue weighted by molar-refractivity contribution is 6.42. The molecule has 0 heterocycles. The van der Waals surface area contributed by atoms with Crippen LogP contribution in [0.5, 0.6) is 5.75 Å². The van der Waals surface area contributed by atoms with Crippen LogP contribution in [-0.4, -0.2) is 32.3 Å². The lowest BCUT2D eigenvalue weighted by molar-refractivity contribution is -0.114. The average molecular weight is 383 g/mol. The van der Waals surface area contributed by atoms with Crippen molar-refractivity contribution in [2.75, 3.05) is 37.0 Å². The topological polar surface area (TPSA) is 59.6 Å². The van der Waals surface area contributed by atoms with Crippen LogP contribution in [0.1, 0.15) is 6.92 Å². The van der Waals surface area contributed by atoms with Crippen LogP contribution in [0, 0.1) is 0 Å². The smallest absolute Gasteiger partial charge is 0.243 e. The van der Waals surface area contributed by atoms with Crippen molar-refractivity contribution < 1.29 is 14.3 Å². The first-order chi connectivity index (χ1) is 12.1. The molecule has 0 aromatic heterocycles. The average Bonchev–Trinajstić information content (AvgIpc) is 2.61. The van der Waals surface area contributed by atoms with Crippen molar-refractivity contribution in [2.24, 2.45) is 0 Å². The molecule has 2 aromatic rings. The summed E-state index contributed by atoms with van der Waals surface area (Å²) in [4.78, 5) is 12.0. The third-order valence-electron chi connectivity index (χ3n) is 3.21. The number of carbonyl (C=O) groups is 1. The summed E-state index contributed by atoms with van der Waals surface area (Å²) < 4.78 is 10.7. The lowest BCUT2D eigenvalue weighted by Crippen LogP contribution is -2.21. The molecule has 0 unspecified atom stereocenters. The van der Waals surface area contributed by atoms with Gasteiger partial charge in [-0.05, 0) is 49.4 Å². The Hall–Kier alpha value is -1.95.